The van der Waals surface area contributed by atoms with E-state index < -0.39 is 5.54 Å². The minimum atomic E-state index is -0.685. The smallest absolute Gasteiger partial charge is 0.240 e. The Hall–Kier alpha value is -1.39. The number of nitrogens with zero attached hydrogens (tertiary/aromatic N) is 1. The van der Waals surface area contributed by atoms with Crippen molar-refractivity contribution in [3.05, 3.63) is 35.9 Å². The summed E-state index contributed by atoms with van der Waals surface area (Å²) in [6.45, 7) is 4.43. The summed E-state index contributed by atoms with van der Waals surface area (Å²) in [6.07, 6.45) is 3.11. The average molecular weight is 289 g/mol. The molecule has 0 aromatic heterocycles. The van der Waals surface area contributed by atoms with Crippen molar-refractivity contribution in [1.82, 2.24) is 10.2 Å². The van der Waals surface area contributed by atoms with Gasteiger partial charge in [-0.25, -0.2) is 0 Å². The minimum Gasteiger partial charge on any atom is -0.354 e. The van der Waals surface area contributed by atoms with Crippen LogP contribution in [0, 0.1) is 5.92 Å². The van der Waals surface area contributed by atoms with Crippen molar-refractivity contribution in [3.63, 3.8) is 0 Å². The predicted molar refractivity (Wildman–Crippen MR) is 85.7 cm³/mol. The molecule has 4 nitrogen and oxygen atoms in total. The lowest BCUT2D eigenvalue weighted by Gasteiger charge is -2.23. The Kier molecular flexibility index (Phi) is 5.37. The van der Waals surface area contributed by atoms with Crippen LogP contribution in [0.15, 0.2) is 30.3 Å². The first-order valence-corrected chi connectivity index (χ1v) is 7.80. The van der Waals surface area contributed by atoms with Gasteiger partial charge in [-0.15, -0.1) is 0 Å². The third-order valence-electron chi connectivity index (χ3n) is 4.21. The van der Waals surface area contributed by atoms with Crippen LogP contribution >= 0.6 is 0 Å². The SMILES string of the molecule is CN(CCCNC(=O)C(C)(N)C1CC1)Cc1ccccc1. The largest absolute Gasteiger partial charge is 0.354 e. The van der Waals surface area contributed by atoms with Gasteiger partial charge in [0.1, 0.15) is 0 Å². The fourth-order valence-electron chi connectivity index (χ4n) is 2.58. The molecule has 0 bridgehead atoms. The summed E-state index contributed by atoms with van der Waals surface area (Å²) < 4.78 is 0. The van der Waals surface area contributed by atoms with Crippen LogP contribution in [-0.4, -0.2) is 36.5 Å². The Morgan fingerprint density at radius 2 is 2.05 bits per heavy atom. The second-order valence-electron chi connectivity index (χ2n) is 6.39. The van der Waals surface area contributed by atoms with Gasteiger partial charge in [0.25, 0.3) is 0 Å². The number of nitrogens with two attached hydrogens (primary N) is 1. The van der Waals surface area contributed by atoms with E-state index in [1.165, 1.54) is 5.56 Å². The predicted octanol–water partition coefficient (Wildman–Crippen LogP) is 1.75. The van der Waals surface area contributed by atoms with Crippen molar-refractivity contribution >= 4 is 5.91 Å². The van der Waals surface area contributed by atoms with E-state index in [-0.39, 0.29) is 5.91 Å². The molecular formula is C17H27N3O. The highest BCUT2D eigenvalue weighted by atomic mass is 16.2. The van der Waals surface area contributed by atoms with Crippen molar-refractivity contribution in [3.8, 4) is 0 Å². The van der Waals surface area contributed by atoms with Gasteiger partial charge in [-0.05, 0) is 51.3 Å². The summed E-state index contributed by atoms with van der Waals surface area (Å²) in [5, 5.41) is 2.97. The minimum absolute atomic E-state index is 0.00397. The van der Waals surface area contributed by atoms with E-state index in [1.807, 2.05) is 13.0 Å². The number of carbonyl (C=O) groups excluding carboxylic acids is 1. The normalized spacial score (nSPS) is 17.5. The molecule has 1 fully saturated rings. The molecule has 1 aliphatic rings. The molecule has 0 saturated heterocycles. The van der Waals surface area contributed by atoms with Crippen LogP contribution in [0.1, 0.15) is 31.7 Å². The molecule has 1 amide bonds. The highest BCUT2D eigenvalue weighted by Crippen LogP contribution is 2.38. The van der Waals surface area contributed by atoms with Gasteiger partial charge in [0.05, 0.1) is 5.54 Å². The van der Waals surface area contributed by atoms with Crippen LogP contribution in [-0.2, 0) is 11.3 Å². The van der Waals surface area contributed by atoms with Crippen LogP contribution < -0.4 is 11.1 Å². The molecular weight excluding hydrogens is 262 g/mol. The van der Waals surface area contributed by atoms with Crippen molar-refractivity contribution in [1.29, 1.82) is 0 Å². The van der Waals surface area contributed by atoms with Crippen molar-refractivity contribution in [2.45, 2.75) is 38.3 Å². The molecule has 4 heteroatoms. The second-order valence-corrected chi connectivity index (χ2v) is 6.39. The molecule has 1 aromatic rings. The monoisotopic (exact) mass is 289 g/mol. The molecule has 21 heavy (non-hydrogen) atoms. The number of rotatable bonds is 8. The van der Waals surface area contributed by atoms with Crippen LogP contribution in [0.4, 0.5) is 0 Å². The van der Waals surface area contributed by atoms with E-state index in [2.05, 4.69) is 41.5 Å². The fourth-order valence-corrected chi connectivity index (χ4v) is 2.58. The third kappa shape index (κ3) is 4.83. The highest BCUT2D eigenvalue weighted by Gasteiger charge is 2.43. The summed E-state index contributed by atoms with van der Waals surface area (Å²) in [4.78, 5) is 14.3. The Balaban J connectivity index is 1.62. The van der Waals surface area contributed by atoms with Gasteiger partial charge >= 0.3 is 0 Å². The van der Waals surface area contributed by atoms with Crippen LogP contribution in [0.25, 0.3) is 0 Å². The van der Waals surface area contributed by atoms with Crippen LogP contribution in [0.2, 0.25) is 0 Å². The molecule has 0 spiro atoms. The maximum Gasteiger partial charge on any atom is 0.240 e. The van der Waals surface area contributed by atoms with Crippen molar-refractivity contribution < 1.29 is 4.79 Å². The number of amides is 1. The summed E-state index contributed by atoms with van der Waals surface area (Å²) in [5.74, 6) is 0.369. The highest BCUT2D eigenvalue weighted by molar-refractivity contribution is 5.86. The molecule has 1 unspecified atom stereocenters. The molecule has 1 saturated carbocycles. The van der Waals surface area contributed by atoms with E-state index in [0.717, 1.165) is 32.4 Å². The molecule has 2 rings (SSSR count). The van der Waals surface area contributed by atoms with E-state index in [0.29, 0.717) is 12.5 Å². The number of hydrogen-bond donors (Lipinski definition) is 2. The quantitative estimate of drug-likeness (QED) is 0.717. The summed E-state index contributed by atoms with van der Waals surface area (Å²) in [6, 6.07) is 10.4. The van der Waals surface area contributed by atoms with Gasteiger partial charge in [-0.1, -0.05) is 30.3 Å². The van der Waals surface area contributed by atoms with Gasteiger partial charge in [0, 0.05) is 13.1 Å². The zero-order chi connectivity index (χ0) is 15.3. The molecule has 0 heterocycles. The number of hydrogen-bond acceptors (Lipinski definition) is 3. The van der Waals surface area contributed by atoms with Gasteiger partial charge < -0.3 is 16.0 Å². The molecule has 3 N–H and O–H groups in total. The van der Waals surface area contributed by atoms with E-state index >= 15 is 0 Å². The summed E-state index contributed by atoms with van der Waals surface area (Å²) >= 11 is 0. The lowest BCUT2D eigenvalue weighted by molar-refractivity contribution is -0.126. The Labute approximate surface area is 127 Å². The molecule has 116 valence electrons. The standard InChI is InChI=1S/C17H27N3O/c1-17(18,15-9-10-15)16(21)19-11-6-12-20(2)13-14-7-4-3-5-8-14/h3-5,7-8,15H,6,9-13,18H2,1-2H3,(H,19,21). The lowest BCUT2D eigenvalue weighted by atomic mass is 9.96. The first-order chi connectivity index (χ1) is 10.00. The Morgan fingerprint density at radius 3 is 2.67 bits per heavy atom. The second kappa shape index (κ2) is 7.05. The number of benzene rings is 1. The summed E-state index contributed by atoms with van der Waals surface area (Å²) in [5.41, 5.74) is 6.72. The van der Waals surface area contributed by atoms with Crippen LogP contribution in [0.3, 0.4) is 0 Å². The van der Waals surface area contributed by atoms with Gasteiger partial charge in [0.2, 0.25) is 5.91 Å². The maximum atomic E-state index is 12.0. The molecule has 1 atom stereocenters. The molecule has 0 radical (unpaired) electrons. The van der Waals surface area contributed by atoms with Gasteiger partial charge in [-0.2, -0.15) is 0 Å². The Bertz CT molecular complexity index is 454. The average Bonchev–Trinajstić information content (AvgIpc) is 3.29. The third-order valence-corrected chi connectivity index (χ3v) is 4.21. The first kappa shape index (κ1) is 16.0. The van der Waals surface area contributed by atoms with E-state index in [4.69, 9.17) is 5.73 Å². The molecule has 1 aromatic carbocycles. The number of nitrogens with one attached hydrogen (secondary N) is 1. The topological polar surface area (TPSA) is 58.4 Å². The number of carbonyl (C=O) groups is 1. The van der Waals surface area contributed by atoms with Gasteiger partial charge in [-0.3, -0.25) is 4.79 Å². The summed E-state index contributed by atoms with van der Waals surface area (Å²) in [7, 11) is 2.10. The lowest BCUT2D eigenvalue weighted by Crippen LogP contribution is -2.53. The fraction of sp³-hybridized carbons (Fsp3) is 0.588. The van der Waals surface area contributed by atoms with Crippen molar-refractivity contribution in [2.24, 2.45) is 11.7 Å². The van der Waals surface area contributed by atoms with Crippen LogP contribution in [0.5, 0.6) is 0 Å². The Morgan fingerprint density at radius 1 is 1.38 bits per heavy atom. The van der Waals surface area contributed by atoms with E-state index in [9.17, 15) is 4.79 Å². The molecule has 0 aliphatic heterocycles. The maximum absolute atomic E-state index is 12.0. The first-order valence-electron chi connectivity index (χ1n) is 7.80. The zero-order valence-electron chi connectivity index (χ0n) is 13.1. The van der Waals surface area contributed by atoms with Gasteiger partial charge in [0.15, 0.2) is 0 Å². The molecule has 1 aliphatic carbocycles. The zero-order valence-corrected chi connectivity index (χ0v) is 13.1. The van der Waals surface area contributed by atoms with Crippen molar-refractivity contribution in [2.75, 3.05) is 20.1 Å². The van der Waals surface area contributed by atoms with E-state index in [1.54, 1.807) is 0 Å².